The average Bonchev–Trinajstić information content (AvgIpc) is 4.01. The van der Waals surface area contributed by atoms with E-state index in [0.717, 1.165) is 18.7 Å². The highest BCUT2D eigenvalue weighted by molar-refractivity contribution is 7.26. The lowest BCUT2D eigenvalue weighted by molar-refractivity contribution is 0.590. The largest absolute Gasteiger partial charge is 0.355 e. The number of rotatable bonds is 3. The first-order chi connectivity index (χ1) is 32.3. The molecule has 0 atom stereocenters. The van der Waals surface area contributed by atoms with E-state index in [0.29, 0.717) is 0 Å². The van der Waals surface area contributed by atoms with Gasteiger partial charge in [-0.1, -0.05) is 148 Å². The molecule has 11 aromatic rings. The maximum Gasteiger partial charge on any atom is 0.198 e. The zero-order valence-corrected chi connectivity index (χ0v) is 42.8. The van der Waals surface area contributed by atoms with Crippen molar-refractivity contribution in [2.45, 2.75) is 97.8 Å². The SMILES string of the molecule is CC(C)(C)c1ccc(Nc2cc3sc4ccc(C(C)(C)C)cc4c3cc2-c2c3c(c4c5cc(C(C)(C)C)ccc5n5c4c2Bc2cc4sc6ccccc6c4cc2-5)-c2ccccc2C3(C)C)cc1. The second-order valence-electron chi connectivity index (χ2n) is 23.5. The Balaban J connectivity index is 1.21. The van der Waals surface area contributed by atoms with Gasteiger partial charge in [0.2, 0.25) is 0 Å². The minimum Gasteiger partial charge on any atom is -0.355 e. The van der Waals surface area contributed by atoms with Gasteiger partial charge in [-0.3, -0.25) is 0 Å². The summed E-state index contributed by atoms with van der Waals surface area (Å²) in [6.45, 7) is 25.9. The van der Waals surface area contributed by atoms with Crippen molar-refractivity contribution in [2.24, 2.45) is 0 Å². The number of thiophene rings is 2. The van der Waals surface area contributed by atoms with Gasteiger partial charge in [0.25, 0.3) is 0 Å². The summed E-state index contributed by atoms with van der Waals surface area (Å²) in [5.74, 6) is 0. The monoisotopic (exact) mass is 916 g/mol. The summed E-state index contributed by atoms with van der Waals surface area (Å²) < 4.78 is 8.01. The molecule has 1 N–H and O–H groups in total. The van der Waals surface area contributed by atoms with Crippen LogP contribution in [0.4, 0.5) is 11.4 Å². The number of fused-ring (bicyclic) bond motifs is 15. The van der Waals surface area contributed by atoms with E-state index in [1.54, 1.807) is 0 Å². The van der Waals surface area contributed by atoms with Crippen molar-refractivity contribution < 1.29 is 0 Å². The minimum absolute atomic E-state index is 0.0111. The van der Waals surface area contributed by atoms with Crippen LogP contribution in [0.1, 0.15) is 104 Å². The molecule has 2 aliphatic rings. The predicted molar refractivity (Wildman–Crippen MR) is 302 cm³/mol. The van der Waals surface area contributed by atoms with Crippen LogP contribution in [0.3, 0.4) is 0 Å². The van der Waals surface area contributed by atoms with E-state index >= 15 is 0 Å². The van der Waals surface area contributed by atoms with Crippen LogP contribution < -0.4 is 16.2 Å². The quantitative estimate of drug-likeness (QED) is 0.175. The Bertz CT molecular complexity index is 3980. The number of hydrogen-bond acceptors (Lipinski definition) is 3. The van der Waals surface area contributed by atoms with Crippen LogP contribution in [0, 0.1) is 0 Å². The number of nitrogens with zero attached hydrogens (tertiary/aromatic N) is 1. The first-order valence-electron chi connectivity index (χ1n) is 24.5. The molecule has 13 rings (SSSR count). The van der Waals surface area contributed by atoms with Gasteiger partial charge in [-0.15, -0.1) is 22.7 Å². The third kappa shape index (κ3) is 6.00. The molecule has 334 valence electrons. The van der Waals surface area contributed by atoms with Crippen molar-refractivity contribution in [3.8, 4) is 27.9 Å². The van der Waals surface area contributed by atoms with Crippen LogP contribution in [0.15, 0.2) is 133 Å². The van der Waals surface area contributed by atoms with Gasteiger partial charge in [-0.25, -0.2) is 0 Å². The molecule has 0 unspecified atom stereocenters. The third-order valence-electron chi connectivity index (χ3n) is 15.6. The normalized spacial score (nSPS) is 14.3. The first kappa shape index (κ1) is 42.0. The van der Waals surface area contributed by atoms with E-state index in [9.17, 15) is 0 Å². The van der Waals surface area contributed by atoms with E-state index in [1.807, 2.05) is 22.7 Å². The van der Waals surface area contributed by atoms with Crippen LogP contribution in [0.25, 0.3) is 90.1 Å². The zero-order chi connectivity index (χ0) is 47.0. The fourth-order valence-corrected chi connectivity index (χ4v) is 14.2. The Morgan fingerprint density at radius 3 is 1.85 bits per heavy atom. The molecule has 0 amide bonds. The van der Waals surface area contributed by atoms with Gasteiger partial charge in [-0.05, 0) is 133 Å². The molecule has 1 aliphatic carbocycles. The summed E-state index contributed by atoms with van der Waals surface area (Å²) in [6.07, 6.45) is 0. The minimum atomic E-state index is -0.283. The van der Waals surface area contributed by atoms with Crippen LogP contribution >= 0.6 is 22.7 Å². The van der Waals surface area contributed by atoms with Crippen molar-refractivity contribution in [1.29, 1.82) is 0 Å². The standard InChI is InChI=1S/C63H57BN2S2/c1-60(2,3)34-20-24-37(25-21-34)65-47-33-53-41(40-28-36(62(7,8)9)23-27-51(40)68-53)30-43(47)56-57-54(39-17-12-14-18-45(39)63(57,10)11)55-44-29-35(61(4,5)6)22-26-48(44)66-49-31-42-38-16-13-15-19-50(38)67-52(42)32-46(49)64-58(56)59(55)66/h12-33,64-65H,1-11H3. The summed E-state index contributed by atoms with van der Waals surface area (Å²) in [5, 5.41) is 12.2. The maximum atomic E-state index is 4.10. The number of hydrogen-bond donors (Lipinski definition) is 1. The van der Waals surface area contributed by atoms with Gasteiger partial charge < -0.3 is 9.88 Å². The molecule has 0 saturated carbocycles. The van der Waals surface area contributed by atoms with E-state index in [4.69, 9.17) is 0 Å². The van der Waals surface area contributed by atoms with Gasteiger partial charge in [-0.2, -0.15) is 0 Å². The predicted octanol–water partition coefficient (Wildman–Crippen LogP) is 16.8. The number of nitrogens with one attached hydrogen (secondary N) is 1. The van der Waals surface area contributed by atoms with Crippen molar-refractivity contribution in [3.63, 3.8) is 0 Å². The fourth-order valence-electron chi connectivity index (χ4n) is 12.0. The van der Waals surface area contributed by atoms with Crippen LogP contribution in [0.5, 0.6) is 0 Å². The zero-order valence-electron chi connectivity index (χ0n) is 41.2. The highest BCUT2D eigenvalue weighted by Crippen LogP contribution is 2.58. The molecule has 2 nitrogen and oxygen atoms in total. The number of anilines is 2. The molecule has 8 aromatic carbocycles. The summed E-state index contributed by atoms with van der Waals surface area (Å²) in [7, 11) is 0.837. The highest BCUT2D eigenvalue weighted by Gasteiger charge is 2.43. The van der Waals surface area contributed by atoms with Crippen molar-refractivity contribution in [2.75, 3.05) is 5.32 Å². The lowest BCUT2D eigenvalue weighted by Gasteiger charge is -2.30. The van der Waals surface area contributed by atoms with Gasteiger partial charge in [0.15, 0.2) is 7.28 Å². The molecule has 5 heteroatoms. The molecule has 0 saturated heterocycles. The lowest BCUT2D eigenvalue weighted by atomic mass is 9.57. The van der Waals surface area contributed by atoms with Gasteiger partial charge in [0.1, 0.15) is 0 Å². The lowest BCUT2D eigenvalue weighted by Crippen LogP contribution is -2.38. The number of benzene rings is 8. The Kier molecular flexibility index (Phi) is 8.64. The summed E-state index contributed by atoms with van der Waals surface area (Å²) in [5.41, 5.74) is 21.1. The Morgan fingerprint density at radius 1 is 0.515 bits per heavy atom. The maximum absolute atomic E-state index is 4.10. The third-order valence-corrected chi connectivity index (χ3v) is 17.9. The van der Waals surface area contributed by atoms with Crippen LogP contribution in [0.2, 0.25) is 0 Å². The molecule has 68 heavy (non-hydrogen) atoms. The Labute approximate surface area is 408 Å². The fraction of sp³-hybridized carbons (Fsp3) is 0.238. The molecule has 0 spiro atoms. The topological polar surface area (TPSA) is 17.0 Å². The van der Waals surface area contributed by atoms with Gasteiger partial charge >= 0.3 is 0 Å². The van der Waals surface area contributed by atoms with E-state index in [-0.39, 0.29) is 21.7 Å². The smallest absolute Gasteiger partial charge is 0.198 e. The van der Waals surface area contributed by atoms with E-state index in [1.165, 1.54) is 129 Å². The highest BCUT2D eigenvalue weighted by atomic mass is 32.1. The molecule has 3 aromatic heterocycles. The molecule has 0 bridgehead atoms. The molecular weight excluding hydrogens is 860 g/mol. The molecule has 1 aliphatic heterocycles. The van der Waals surface area contributed by atoms with Crippen LogP contribution in [-0.2, 0) is 21.7 Å². The van der Waals surface area contributed by atoms with E-state index < -0.39 is 0 Å². The molecule has 0 fully saturated rings. The molecular formula is C63H57BN2S2. The molecule has 0 radical (unpaired) electrons. The second-order valence-corrected chi connectivity index (χ2v) is 25.6. The summed E-state index contributed by atoms with van der Waals surface area (Å²) >= 11 is 3.84. The van der Waals surface area contributed by atoms with Crippen molar-refractivity contribution in [3.05, 3.63) is 161 Å². The van der Waals surface area contributed by atoms with Crippen LogP contribution in [-0.4, -0.2) is 11.8 Å². The van der Waals surface area contributed by atoms with Crippen molar-refractivity contribution >= 4 is 114 Å². The van der Waals surface area contributed by atoms with Gasteiger partial charge in [0, 0.05) is 84.7 Å². The first-order valence-corrected chi connectivity index (χ1v) is 26.1. The second kappa shape index (κ2) is 14.0. The average molecular weight is 917 g/mol. The Hall–Kier alpha value is -6.14. The summed E-state index contributed by atoms with van der Waals surface area (Å²) in [4.78, 5) is 0. The summed E-state index contributed by atoms with van der Waals surface area (Å²) in [6, 6.07) is 52.1. The molecule has 4 heterocycles. The Morgan fingerprint density at radius 2 is 1.12 bits per heavy atom. The van der Waals surface area contributed by atoms with Crippen molar-refractivity contribution in [1.82, 2.24) is 4.57 Å². The van der Waals surface area contributed by atoms with E-state index in [2.05, 4.69) is 220 Å². The van der Waals surface area contributed by atoms with Gasteiger partial charge in [0.05, 0.1) is 5.52 Å². The number of aromatic nitrogens is 1.